The smallest absolute Gasteiger partial charge is 0.264 e. The molecular weight excluding hydrogens is 336 g/mol. The van der Waals surface area contributed by atoms with E-state index in [1.165, 1.54) is 11.3 Å². The summed E-state index contributed by atoms with van der Waals surface area (Å²) < 4.78 is 5.12. The Balaban J connectivity index is 1.93. The van der Waals surface area contributed by atoms with E-state index in [1.54, 1.807) is 18.1 Å². The van der Waals surface area contributed by atoms with E-state index in [2.05, 4.69) is 4.98 Å². The molecule has 0 aliphatic heterocycles. The second kappa shape index (κ2) is 7.63. The Morgan fingerprint density at radius 2 is 2.12 bits per heavy atom. The van der Waals surface area contributed by atoms with Gasteiger partial charge >= 0.3 is 0 Å². The van der Waals surface area contributed by atoms with E-state index in [1.807, 2.05) is 42.6 Å². The number of ether oxygens (including phenoxy) is 1. The second-order valence-electron chi connectivity index (χ2n) is 5.91. The van der Waals surface area contributed by atoms with Crippen LogP contribution in [0.1, 0.15) is 20.8 Å². The molecule has 0 spiro atoms. The summed E-state index contributed by atoms with van der Waals surface area (Å²) in [5.74, 6) is -0.0872. The first-order valence-corrected chi connectivity index (χ1v) is 8.90. The Morgan fingerprint density at radius 1 is 1.28 bits per heavy atom. The zero-order valence-electron chi connectivity index (χ0n) is 14.2. The number of carbonyl (C=O) groups is 1. The predicted molar refractivity (Wildman–Crippen MR) is 100 cm³/mol. The molecule has 3 rings (SSSR count). The zero-order valence-corrected chi connectivity index (χ0v) is 15.1. The van der Waals surface area contributed by atoms with Crippen LogP contribution in [-0.2, 0) is 11.3 Å². The van der Waals surface area contributed by atoms with Crippen LogP contribution in [0.4, 0.5) is 0 Å². The molecule has 0 saturated heterocycles. The van der Waals surface area contributed by atoms with Crippen molar-refractivity contribution in [3.8, 4) is 0 Å². The highest BCUT2D eigenvalue weighted by molar-refractivity contribution is 7.12. The van der Waals surface area contributed by atoms with Gasteiger partial charge in [0.25, 0.3) is 11.5 Å². The number of nitrogens with zero attached hydrogens (tertiary/aromatic N) is 1. The monoisotopic (exact) mass is 356 g/mol. The van der Waals surface area contributed by atoms with Gasteiger partial charge in [-0.3, -0.25) is 9.59 Å². The lowest BCUT2D eigenvalue weighted by molar-refractivity contribution is 0.0684. The first-order valence-electron chi connectivity index (χ1n) is 8.03. The molecule has 3 aromatic rings. The highest BCUT2D eigenvalue weighted by atomic mass is 32.1. The highest BCUT2D eigenvalue weighted by Crippen LogP contribution is 2.16. The van der Waals surface area contributed by atoms with Gasteiger partial charge < -0.3 is 14.6 Å². The third kappa shape index (κ3) is 3.97. The molecule has 2 heterocycles. The molecule has 0 saturated carbocycles. The normalized spacial score (nSPS) is 11.0. The molecule has 1 aromatic carbocycles. The van der Waals surface area contributed by atoms with Crippen molar-refractivity contribution in [2.24, 2.45) is 0 Å². The molecule has 0 fully saturated rings. The fraction of sp³-hybridized carbons (Fsp3) is 0.263. The number of aryl methyl sites for hydroxylation is 1. The topological polar surface area (TPSA) is 62.4 Å². The molecule has 0 atom stereocenters. The zero-order chi connectivity index (χ0) is 17.8. The maximum atomic E-state index is 12.7. The number of nitrogens with one attached hydrogen (secondary N) is 1. The maximum Gasteiger partial charge on any atom is 0.264 e. The first kappa shape index (κ1) is 17.4. The summed E-state index contributed by atoms with van der Waals surface area (Å²) in [6.07, 6.45) is 0. The number of pyridine rings is 1. The molecule has 6 heteroatoms. The van der Waals surface area contributed by atoms with Crippen LogP contribution in [0.2, 0.25) is 0 Å². The van der Waals surface area contributed by atoms with E-state index in [0.717, 1.165) is 16.5 Å². The van der Waals surface area contributed by atoms with Gasteiger partial charge in [-0.2, -0.15) is 0 Å². The van der Waals surface area contributed by atoms with E-state index in [4.69, 9.17) is 4.74 Å². The Labute approximate surface area is 149 Å². The van der Waals surface area contributed by atoms with Crippen LogP contribution in [0.25, 0.3) is 10.9 Å². The molecule has 0 bridgehead atoms. The fourth-order valence-corrected chi connectivity index (χ4v) is 3.40. The number of fused-ring (bicyclic) bond motifs is 1. The van der Waals surface area contributed by atoms with Crippen molar-refractivity contribution in [3.05, 3.63) is 68.1 Å². The first-order chi connectivity index (χ1) is 12.1. The van der Waals surface area contributed by atoms with Gasteiger partial charge in [0.15, 0.2) is 0 Å². The van der Waals surface area contributed by atoms with Gasteiger partial charge in [0.05, 0.1) is 18.0 Å². The lowest BCUT2D eigenvalue weighted by Crippen LogP contribution is -2.35. The lowest BCUT2D eigenvalue weighted by Gasteiger charge is -2.21. The Hall–Kier alpha value is -2.44. The number of aromatic nitrogens is 1. The van der Waals surface area contributed by atoms with Gasteiger partial charge in [0, 0.05) is 24.7 Å². The molecule has 0 unspecified atom stereocenters. The number of aromatic amines is 1. The van der Waals surface area contributed by atoms with Crippen LogP contribution in [0, 0.1) is 6.92 Å². The molecular formula is C19H20N2O3S. The number of H-pyrrole nitrogens is 1. The van der Waals surface area contributed by atoms with Crippen molar-refractivity contribution in [1.29, 1.82) is 0 Å². The minimum atomic E-state index is -0.169. The summed E-state index contributed by atoms with van der Waals surface area (Å²) >= 11 is 1.39. The molecule has 0 aliphatic carbocycles. The van der Waals surface area contributed by atoms with Gasteiger partial charge in [-0.15, -0.1) is 11.3 Å². The van der Waals surface area contributed by atoms with Crippen molar-refractivity contribution < 1.29 is 9.53 Å². The molecule has 2 aromatic heterocycles. The van der Waals surface area contributed by atoms with Crippen LogP contribution in [0.5, 0.6) is 0 Å². The molecule has 25 heavy (non-hydrogen) atoms. The van der Waals surface area contributed by atoms with E-state index in [9.17, 15) is 9.59 Å². The summed E-state index contributed by atoms with van der Waals surface area (Å²) in [5, 5.41) is 2.83. The number of amides is 1. The number of hydrogen-bond acceptors (Lipinski definition) is 4. The third-order valence-corrected chi connectivity index (χ3v) is 4.88. The summed E-state index contributed by atoms with van der Waals surface area (Å²) in [7, 11) is 1.60. The van der Waals surface area contributed by atoms with Crippen LogP contribution in [0.15, 0.2) is 46.6 Å². The lowest BCUT2D eigenvalue weighted by atomic mass is 10.1. The molecule has 1 N–H and O–H groups in total. The van der Waals surface area contributed by atoms with E-state index in [0.29, 0.717) is 23.6 Å². The van der Waals surface area contributed by atoms with Crippen molar-refractivity contribution in [1.82, 2.24) is 9.88 Å². The molecule has 1 amide bonds. The summed E-state index contributed by atoms with van der Waals surface area (Å²) in [6, 6.07) is 11.4. The summed E-state index contributed by atoms with van der Waals surface area (Å²) in [4.78, 5) is 30.3. The van der Waals surface area contributed by atoms with Crippen LogP contribution >= 0.6 is 11.3 Å². The highest BCUT2D eigenvalue weighted by Gasteiger charge is 2.18. The van der Waals surface area contributed by atoms with Crippen molar-refractivity contribution >= 4 is 28.1 Å². The van der Waals surface area contributed by atoms with Crippen LogP contribution in [-0.4, -0.2) is 36.1 Å². The largest absolute Gasteiger partial charge is 0.383 e. The second-order valence-corrected chi connectivity index (χ2v) is 6.86. The quantitative estimate of drug-likeness (QED) is 0.738. The minimum absolute atomic E-state index is 0.0872. The van der Waals surface area contributed by atoms with Crippen molar-refractivity contribution in [2.45, 2.75) is 13.5 Å². The van der Waals surface area contributed by atoms with Crippen LogP contribution in [0.3, 0.4) is 0 Å². The molecule has 0 radical (unpaired) electrons. The van der Waals surface area contributed by atoms with Crippen molar-refractivity contribution in [2.75, 3.05) is 20.3 Å². The van der Waals surface area contributed by atoms with Gasteiger partial charge in [-0.1, -0.05) is 17.7 Å². The average Bonchev–Trinajstić information content (AvgIpc) is 3.13. The fourth-order valence-electron chi connectivity index (χ4n) is 2.70. The third-order valence-electron chi connectivity index (χ3n) is 4.02. The Morgan fingerprint density at radius 3 is 2.84 bits per heavy atom. The molecule has 130 valence electrons. The van der Waals surface area contributed by atoms with Gasteiger partial charge in [-0.25, -0.2) is 0 Å². The number of carbonyl (C=O) groups excluding carboxylic acids is 1. The number of hydrogen-bond donors (Lipinski definition) is 1. The van der Waals surface area contributed by atoms with E-state index >= 15 is 0 Å². The summed E-state index contributed by atoms with van der Waals surface area (Å²) in [6.45, 7) is 3.11. The molecule has 0 aliphatic rings. The Kier molecular flexibility index (Phi) is 5.31. The number of methoxy groups -OCH3 is 1. The predicted octanol–water partition coefficient (Wildman–Crippen LogP) is 3.19. The van der Waals surface area contributed by atoms with Gasteiger partial charge in [-0.05, 0) is 42.0 Å². The molecule has 5 nitrogen and oxygen atoms in total. The Bertz CT molecular complexity index is 931. The van der Waals surface area contributed by atoms with E-state index in [-0.39, 0.29) is 18.0 Å². The standard InChI is InChI=1S/C19H20N2O3S/c1-13-5-6-16-14(10-13)11-15(18(22)20-16)12-21(7-8-24-2)19(23)17-4-3-9-25-17/h3-6,9-11H,7-8,12H2,1-2H3,(H,20,22). The number of benzene rings is 1. The number of rotatable bonds is 6. The van der Waals surface area contributed by atoms with Gasteiger partial charge in [0.1, 0.15) is 0 Å². The van der Waals surface area contributed by atoms with Crippen LogP contribution < -0.4 is 5.56 Å². The van der Waals surface area contributed by atoms with E-state index < -0.39 is 0 Å². The van der Waals surface area contributed by atoms with Gasteiger partial charge in [0.2, 0.25) is 0 Å². The average molecular weight is 356 g/mol. The number of thiophene rings is 1. The maximum absolute atomic E-state index is 12.7. The van der Waals surface area contributed by atoms with Crippen molar-refractivity contribution in [3.63, 3.8) is 0 Å². The minimum Gasteiger partial charge on any atom is -0.383 e. The SMILES string of the molecule is COCCN(Cc1cc2cc(C)ccc2[nH]c1=O)C(=O)c1cccs1. The summed E-state index contributed by atoms with van der Waals surface area (Å²) in [5.41, 5.74) is 2.32.